The van der Waals surface area contributed by atoms with Gasteiger partial charge in [0.2, 0.25) is 11.8 Å². The predicted molar refractivity (Wildman–Crippen MR) is 139 cm³/mol. The van der Waals surface area contributed by atoms with E-state index in [1.54, 1.807) is 23.1 Å². The number of nitrogens with one attached hydrogen (secondary N) is 1. The van der Waals surface area contributed by atoms with E-state index in [2.05, 4.69) is 5.32 Å². The van der Waals surface area contributed by atoms with Crippen molar-refractivity contribution in [1.29, 1.82) is 0 Å². The summed E-state index contributed by atoms with van der Waals surface area (Å²) in [6.07, 6.45) is 0.517. The fourth-order valence-electron chi connectivity index (χ4n) is 3.67. The van der Waals surface area contributed by atoms with Crippen molar-refractivity contribution in [3.05, 3.63) is 106 Å². The number of halogens is 2. The fraction of sp³-hybridized carbons (Fsp3) is 0.286. The van der Waals surface area contributed by atoms with Crippen LogP contribution in [0.4, 0.5) is 0 Å². The highest BCUT2D eigenvalue weighted by Gasteiger charge is 2.30. The maximum atomic E-state index is 13.7. The van der Waals surface area contributed by atoms with Crippen molar-refractivity contribution in [2.24, 2.45) is 5.92 Å². The molecule has 0 spiro atoms. The molecule has 3 aromatic rings. The van der Waals surface area contributed by atoms with Gasteiger partial charge in [-0.2, -0.15) is 0 Å². The summed E-state index contributed by atoms with van der Waals surface area (Å²) in [5, 5.41) is 4.18. The largest absolute Gasteiger partial charge is 0.354 e. The Bertz CT molecular complexity index is 1090. The highest BCUT2D eigenvalue weighted by molar-refractivity contribution is 6.31. The third-order valence-corrected chi connectivity index (χ3v) is 6.14. The highest BCUT2D eigenvalue weighted by Crippen LogP contribution is 2.21. The number of hydrogen-bond donors (Lipinski definition) is 1. The molecule has 6 heteroatoms. The lowest BCUT2D eigenvalue weighted by molar-refractivity contribution is -0.140. The molecule has 0 unspecified atom stereocenters. The van der Waals surface area contributed by atoms with Crippen LogP contribution in [0.15, 0.2) is 78.9 Å². The van der Waals surface area contributed by atoms with E-state index < -0.39 is 6.04 Å². The van der Waals surface area contributed by atoms with E-state index >= 15 is 0 Å². The van der Waals surface area contributed by atoms with Gasteiger partial charge in [-0.3, -0.25) is 9.59 Å². The van der Waals surface area contributed by atoms with Gasteiger partial charge in [-0.1, -0.05) is 97.7 Å². The van der Waals surface area contributed by atoms with Crippen molar-refractivity contribution >= 4 is 35.0 Å². The Morgan fingerprint density at radius 2 is 1.50 bits per heavy atom. The number of carbonyl (C=O) groups is 2. The molecule has 0 saturated heterocycles. The molecule has 34 heavy (non-hydrogen) atoms. The van der Waals surface area contributed by atoms with Crippen molar-refractivity contribution in [2.75, 3.05) is 6.54 Å². The fourth-order valence-corrected chi connectivity index (χ4v) is 4.00. The van der Waals surface area contributed by atoms with Crippen LogP contribution in [0.1, 0.15) is 30.5 Å². The zero-order valence-electron chi connectivity index (χ0n) is 19.5. The number of carbonyl (C=O) groups excluding carboxylic acids is 2. The lowest BCUT2D eigenvalue weighted by Gasteiger charge is -2.32. The van der Waals surface area contributed by atoms with Crippen molar-refractivity contribution < 1.29 is 9.59 Å². The van der Waals surface area contributed by atoms with Gasteiger partial charge in [0.1, 0.15) is 6.04 Å². The summed E-state index contributed by atoms with van der Waals surface area (Å²) >= 11 is 12.4. The Morgan fingerprint density at radius 1 is 0.853 bits per heavy atom. The van der Waals surface area contributed by atoms with Crippen LogP contribution in [0, 0.1) is 5.92 Å². The first-order valence-electron chi connectivity index (χ1n) is 11.4. The molecule has 3 rings (SSSR count). The van der Waals surface area contributed by atoms with Crippen LogP contribution in [0.25, 0.3) is 0 Å². The van der Waals surface area contributed by atoms with Crippen LogP contribution < -0.4 is 5.32 Å². The molecule has 0 radical (unpaired) electrons. The van der Waals surface area contributed by atoms with Crippen molar-refractivity contribution in [2.45, 2.75) is 39.3 Å². The van der Waals surface area contributed by atoms with Gasteiger partial charge in [0.15, 0.2) is 0 Å². The van der Waals surface area contributed by atoms with Gasteiger partial charge in [0.25, 0.3) is 0 Å². The number of hydrogen-bond acceptors (Lipinski definition) is 2. The summed E-state index contributed by atoms with van der Waals surface area (Å²) in [6, 6.07) is 23.7. The second kappa shape index (κ2) is 12.6. The summed E-state index contributed by atoms with van der Waals surface area (Å²) in [4.78, 5) is 28.7. The molecular weight excluding hydrogens is 467 g/mol. The third-order valence-electron chi connectivity index (χ3n) is 5.52. The number of nitrogens with zero attached hydrogens (tertiary/aromatic N) is 1. The van der Waals surface area contributed by atoms with E-state index in [1.807, 2.05) is 74.5 Å². The molecule has 0 bridgehead atoms. The Balaban J connectivity index is 1.96. The molecule has 1 atom stereocenters. The summed E-state index contributed by atoms with van der Waals surface area (Å²) in [5.41, 5.74) is 2.61. The molecule has 4 nitrogen and oxygen atoms in total. The van der Waals surface area contributed by atoms with Crippen LogP contribution in [-0.2, 0) is 29.0 Å². The Kier molecular flexibility index (Phi) is 9.55. The highest BCUT2D eigenvalue weighted by atomic mass is 35.5. The van der Waals surface area contributed by atoms with Crippen LogP contribution >= 0.6 is 23.2 Å². The van der Waals surface area contributed by atoms with E-state index in [0.717, 1.165) is 16.7 Å². The minimum Gasteiger partial charge on any atom is -0.354 e. The van der Waals surface area contributed by atoms with Crippen LogP contribution in [0.3, 0.4) is 0 Å². The molecule has 0 aliphatic rings. The minimum atomic E-state index is -0.674. The minimum absolute atomic E-state index is 0.107. The monoisotopic (exact) mass is 496 g/mol. The van der Waals surface area contributed by atoms with Crippen LogP contribution in [0.5, 0.6) is 0 Å². The average Bonchev–Trinajstić information content (AvgIpc) is 2.83. The maximum Gasteiger partial charge on any atom is 0.243 e. The summed E-state index contributed by atoms with van der Waals surface area (Å²) in [7, 11) is 0. The van der Waals surface area contributed by atoms with Crippen molar-refractivity contribution in [3.63, 3.8) is 0 Å². The van der Waals surface area contributed by atoms with Crippen molar-refractivity contribution in [3.8, 4) is 0 Å². The lowest BCUT2D eigenvalue weighted by atomic mass is 10.0. The Morgan fingerprint density at radius 3 is 2.15 bits per heavy atom. The average molecular weight is 497 g/mol. The SMILES string of the molecule is CC(C)CNC(=O)[C@H](Cc1ccccc1)N(Cc1ccc(Cl)cc1)C(=O)Cc1ccccc1Cl. The molecular formula is C28H30Cl2N2O2. The van der Waals surface area contributed by atoms with Gasteiger partial charge < -0.3 is 10.2 Å². The van der Waals surface area contributed by atoms with E-state index in [1.165, 1.54) is 0 Å². The predicted octanol–water partition coefficient (Wildman–Crippen LogP) is 5.95. The molecule has 0 aliphatic heterocycles. The van der Waals surface area contributed by atoms with Gasteiger partial charge in [-0.05, 0) is 40.8 Å². The molecule has 0 aliphatic carbocycles. The van der Waals surface area contributed by atoms with Gasteiger partial charge in [0, 0.05) is 29.6 Å². The smallest absolute Gasteiger partial charge is 0.243 e. The van der Waals surface area contributed by atoms with Gasteiger partial charge in [-0.25, -0.2) is 0 Å². The normalized spacial score (nSPS) is 11.8. The summed E-state index contributed by atoms with van der Waals surface area (Å²) < 4.78 is 0. The quantitative estimate of drug-likeness (QED) is 0.377. The topological polar surface area (TPSA) is 49.4 Å². The molecule has 0 saturated carbocycles. The first-order valence-corrected chi connectivity index (χ1v) is 12.2. The number of amides is 2. The van der Waals surface area contributed by atoms with Gasteiger partial charge in [-0.15, -0.1) is 0 Å². The zero-order chi connectivity index (χ0) is 24.5. The van der Waals surface area contributed by atoms with E-state index in [9.17, 15) is 9.59 Å². The third kappa shape index (κ3) is 7.61. The second-order valence-corrected chi connectivity index (χ2v) is 9.60. The molecule has 178 valence electrons. The lowest BCUT2D eigenvalue weighted by Crippen LogP contribution is -2.51. The van der Waals surface area contributed by atoms with E-state index in [0.29, 0.717) is 28.9 Å². The molecule has 0 aromatic heterocycles. The van der Waals surface area contributed by atoms with Crippen molar-refractivity contribution in [1.82, 2.24) is 10.2 Å². The molecule has 3 aromatic carbocycles. The van der Waals surface area contributed by atoms with Crippen LogP contribution in [-0.4, -0.2) is 29.3 Å². The number of rotatable bonds is 10. The van der Waals surface area contributed by atoms with Crippen LogP contribution in [0.2, 0.25) is 10.0 Å². The number of benzene rings is 3. The second-order valence-electron chi connectivity index (χ2n) is 8.76. The molecule has 1 N–H and O–H groups in total. The zero-order valence-corrected chi connectivity index (χ0v) is 21.0. The first-order chi connectivity index (χ1) is 16.3. The molecule has 0 heterocycles. The molecule has 2 amide bonds. The van der Waals surface area contributed by atoms with E-state index in [4.69, 9.17) is 23.2 Å². The molecule has 0 fully saturated rings. The van der Waals surface area contributed by atoms with Gasteiger partial charge in [0.05, 0.1) is 6.42 Å². The first kappa shape index (κ1) is 25.8. The maximum absolute atomic E-state index is 13.7. The van der Waals surface area contributed by atoms with Gasteiger partial charge >= 0.3 is 0 Å². The Labute approximate surface area is 211 Å². The van der Waals surface area contributed by atoms with E-state index in [-0.39, 0.29) is 24.8 Å². The summed E-state index contributed by atoms with van der Waals surface area (Å²) in [5.74, 6) is -0.0347. The summed E-state index contributed by atoms with van der Waals surface area (Å²) in [6.45, 7) is 4.91. The standard InChI is InChI=1S/C28H30Cl2N2O2/c1-20(2)18-31-28(34)26(16-21-8-4-3-5-9-21)32(19-22-12-14-24(29)15-13-22)27(33)17-23-10-6-7-11-25(23)30/h3-15,20,26H,16-19H2,1-2H3,(H,31,34)/t26-/m0/s1. The Hall–Kier alpha value is -2.82.